The summed E-state index contributed by atoms with van der Waals surface area (Å²) in [4.78, 5) is 14.5. The third kappa shape index (κ3) is 3.46. The van der Waals surface area contributed by atoms with E-state index in [1.165, 1.54) is 11.1 Å². The number of phenols is 1. The highest BCUT2D eigenvalue weighted by atomic mass is 16.5. The number of morpholine rings is 1. The van der Waals surface area contributed by atoms with Crippen LogP contribution in [0.5, 0.6) is 5.75 Å². The Balaban J connectivity index is 1.38. The van der Waals surface area contributed by atoms with Crippen molar-refractivity contribution in [2.24, 2.45) is 0 Å². The van der Waals surface area contributed by atoms with Gasteiger partial charge in [0.05, 0.1) is 13.2 Å². The average molecular weight is 338 g/mol. The van der Waals surface area contributed by atoms with Gasteiger partial charge in [0.15, 0.2) is 0 Å². The van der Waals surface area contributed by atoms with Gasteiger partial charge in [-0.25, -0.2) is 4.79 Å². The summed E-state index contributed by atoms with van der Waals surface area (Å²) in [5.74, 6) is 0.214. The van der Waals surface area contributed by atoms with Crippen molar-refractivity contribution in [1.29, 1.82) is 0 Å². The molecule has 1 unspecified atom stereocenters. The molecule has 2 aromatic carbocycles. The summed E-state index contributed by atoms with van der Waals surface area (Å²) in [5.41, 5.74) is 3.55. The number of aromatic hydroxyl groups is 1. The van der Waals surface area contributed by atoms with Crippen LogP contribution in [0.2, 0.25) is 0 Å². The fraction of sp³-hybridized carbons (Fsp3) is 0.350. The molecule has 4 rings (SSSR count). The molecule has 1 aliphatic carbocycles. The number of carbonyl (C=O) groups excluding carboxylic acids is 1. The lowest BCUT2D eigenvalue weighted by Gasteiger charge is -2.34. The van der Waals surface area contributed by atoms with Crippen molar-refractivity contribution in [3.8, 4) is 5.75 Å². The summed E-state index contributed by atoms with van der Waals surface area (Å²) in [7, 11) is 0. The van der Waals surface area contributed by atoms with Crippen molar-refractivity contribution in [3.63, 3.8) is 0 Å². The monoisotopic (exact) mass is 338 g/mol. The van der Waals surface area contributed by atoms with Crippen LogP contribution in [0.1, 0.15) is 22.8 Å². The SMILES string of the molecule is O=C(NC1Cc2ccccc2C1)N1CCOC(c2cccc(O)c2)C1. The zero-order valence-corrected chi connectivity index (χ0v) is 14.0. The quantitative estimate of drug-likeness (QED) is 0.885. The zero-order chi connectivity index (χ0) is 17.2. The van der Waals surface area contributed by atoms with Gasteiger partial charge in [0.25, 0.3) is 0 Å². The van der Waals surface area contributed by atoms with Crippen LogP contribution in [-0.4, -0.2) is 41.8 Å². The van der Waals surface area contributed by atoms with E-state index in [9.17, 15) is 9.90 Å². The Morgan fingerprint density at radius 1 is 1.12 bits per heavy atom. The number of urea groups is 1. The van der Waals surface area contributed by atoms with E-state index < -0.39 is 0 Å². The van der Waals surface area contributed by atoms with Gasteiger partial charge in [-0.3, -0.25) is 0 Å². The zero-order valence-electron chi connectivity index (χ0n) is 14.0. The maximum atomic E-state index is 12.7. The molecule has 5 heteroatoms. The van der Waals surface area contributed by atoms with E-state index in [0.29, 0.717) is 19.7 Å². The molecule has 0 aromatic heterocycles. The van der Waals surface area contributed by atoms with Crippen molar-refractivity contribution in [3.05, 3.63) is 65.2 Å². The molecule has 1 saturated heterocycles. The molecule has 2 aromatic rings. The molecule has 2 N–H and O–H groups in total. The maximum absolute atomic E-state index is 12.7. The van der Waals surface area contributed by atoms with Crippen LogP contribution in [-0.2, 0) is 17.6 Å². The van der Waals surface area contributed by atoms with Gasteiger partial charge in [-0.2, -0.15) is 0 Å². The standard InChI is InChI=1S/C20H22N2O3/c23-18-7-3-6-16(12-18)19-13-22(8-9-25-19)20(24)21-17-10-14-4-1-2-5-15(14)11-17/h1-7,12,17,19,23H,8-11,13H2,(H,21,24). The Morgan fingerprint density at radius 3 is 2.60 bits per heavy atom. The van der Waals surface area contributed by atoms with E-state index in [4.69, 9.17) is 4.74 Å². The Bertz CT molecular complexity index is 752. The number of hydrogen-bond acceptors (Lipinski definition) is 3. The second kappa shape index (κ2) is 6.76. The Labute approximate surface area is 147 Å². The van der Waals surface area contributed by atoms with Gasteiger partial charge < -0.3 is 20.1 Å². The second-order valence-electron chi connectivity index (χ2n) is 6.72. The number of rotatable bonds is 2. The van der Waals surface area contributed by atoms with Gasteiger partial charge in [0, 0.05) is 12.6 Å². The molecular weight excluding hydrogens is 316 g/mol. The summed E-state index contributed by atoms with van der Waals surface area (Å²) in [6.07, 6.45) is 1.58. The first-order valence-corrected chi connectivity index (χ1v) is 8.72. The Kier molecular flexibility index (Phi) is 4.32. The molecule has 0 saturated carbocycles. The first-order valence-electron chi connectivity index (χ1n) is 8.72. The molecule has 0 bridgehead atoms. The number of amides is 2. The number of nitrogens with one attached hydrogen (secondary N) is 1. The summed E-state index contributed by atoms with van der Waals surface area (Å²) in [6, 6.07) is 15.5. The predicted molar refractivity (Wildman–Crippen MR) is 94.5 cm³/mol. The number of carbonyl (C=O) groups is 1. The smallest absolute Gasteiger partial charge is 0.317 e. The van der Waals surface area contributed by atoms with Crippen LogP contribution in [0.3, 0.4) is 0 Å². The lowest BCUT2D eigenvalue weighted by Crippen LogP contribution is -2.50. The lowest BCUT2D eigenvalue weighted by molar-refractivity contribution is -0.0158. The molecule has 0 radical (unpaired) electrons. The highest BCUT2D eigenvalue weighted by Crippen LogP contribution is 2.26. The third-order valence-corrected chi connectivity index (χ3v) is 4.97. The van der Waals surface area contributed by atoms with Crippen molar-refractivity contribution in [1.82, 2.24) is 10.2 Å². The van der Waals surface area contributed by atoms with Gasteiger partial charge in [-0.1, -0.05) is 36.4 Å². The number of nitrogens with zero attached hydrogens (tertiary/aromatic N) is 1. The first-order chi connectivity index (χ1) is 12.2. The fourth-order valence-electron chi connectivity index (χ4n) is 3.69. The highest BCUT2D eigenvalue weighted by molar-refractivity contribution is 5.75. The third-order valence-electron chi connectivity index (χ3n) is 4.97. The minimum atomic E-state index is -0.202. The van der Waals surface area contributed by atoms with E-state index in [-0.39, 0.29) is 23.9 Å². The van der Waals surface area contributed by atoms with Crippen LogP contribution in [0.25, 0.3) is 0 Å². The summed E-state index contributed by atoms with van der Waals surface area (Å²) < 4.78 is 5.79. The van der Waals surface area contributed by atoms with Crippen molar-refractivity contribution in [2.45, 2.75) is 25.0 Å². The topological polar surface area (TPSA) is 61.8 Å². The molecule has 1 heterocycles. The van der Waals surface area contributed by atoms with Crippen LogP contribution in [0.4, 0.5) is 4.79 Å². The van der Waals surface area contributed by atoms with Gasteiger partial charge >= 0.3 is 6.03 Å². The lowest BCUT2D eigenvalue weighted by atomic mass is 10.1. The Morgan fingerprint density at radius 2 is 1.88 bits per heavy atom. The largest absolute Gasteiger partial charge is 0.508 e. The van der Waals surface area contributed by atoms with E-state index in [1.807, 2.05) is 18.2 Å². The van der Waals surface area contributed by atoms with Gasteiger partial charge in [0.2, 0.25) is 0 Å². The van der Waals surface area contributed by atoms with Gasteiger partial charge in [-0.05, 0) is 41.7 Å². The van der Waals surface area contributed by atoms with E-state index in [2.05, 4.69) is 17.4 Å². The predicted octanol–water partition coefficient (Wildman–Crippen LogP) is 2.64. The summed E-state index contributed by atoms with van der Waals surface area (Å²) in [5, 5.41) is 12.8. The van der Waals surface area contributed by atoms with Crippen LogP contribution >= 0.6 is 0 Å². The number of hydrogen-bond donors (Lipinski definition) is 2. The van der Waals surface area contributed by atoms with Crippen molar-refractivity contribution in [2.75, 3.05) is 19.7 Å². The molecule has 1 aliphatic heterocycles. The molecule has 5 nitrogen and oxygen atoms in total. The Hall–Kier alpha value is -2.53. The fourth-order valence-corrected chi connectivity index (χ4v) is 3.69. The molecular formula is C20H22N2O3. The molecule has 0 spiro atoms. The van der Waals surface area contributed by atoms with Crippen LogP contribution in [0, 0.1) is 0 Å². The second-order valence-corrected chi connectivity index (χ2v) is 6.72. The number of phenolic OH excluding ortho intramolecular Hbond substituents is 1. The van der Waals surface area contributed by atoms with E-state index in [1.54, 1.807) is 23.1 Å². The average Bonchev–Trinajstić information content (AvgIpc) is 3.04. The number of benzene rings is 2. The molecule has 2 aliphatic rings. The molecule has 130 valence electrons. The minimum absolute atomic E-state index is 0.0359. The van der Waals surface area contributed by atoms with E-state index in [0.717, 1.165) is 18.4 Å². The first kappa shape index (κ1) is 16.0. The van der Waals surface area contributed by atoms with Crippen molar-refractivity contribution >= 4 is 6.03 Å². The number of fused-ring (bicyclic) bond motifs is 1. The molecule has 25 heavy (non-hydrogen) atoms. The molecule has 1 fully saturated rings. The van der Waals surface area contributed by atoms with Gasteiger partial charge in [0.1, 0.15) is 11.9 Å². The van der Waals surface area contributed by atoms with Crippen LogP contribution in [0.15, 0.2) is 48.5 Å². The normalized spacial score (nSPS) is 20.3. The molecule has 1 atom stereocenters. The highest BCUT2D eigenvalue weighted by Gasteiger charge is 2.28. The summed E-state index contributed by atoms with van der Waals surface area (Å²) >= 11 is 0. The maximum Gasteiger partial charge on any atom is 0.317 e. The molecule has 2 amide bonds. The van der Waals surface area contributed by atoms with Crippen molar-refractivity contribution < 1.29 is 14.6 Å². The van der Waals surface area contributed by atoms with Gasteiger partial charge in [-0.15, -0.1) is 0 Å². The van der Waals surface area contributed by atoms with Crippen LogP contribution < -0.4 is 5.32 Å². The summed E-state index contributed by atoms with van der Waals surface area (Å²) in [6.45, 7) is 1.58. The minimum Gasteiger partial charge on any atom is -0.508 e. The van der Waals surface area contributed by atoms with E-state index >= 15 is 0 Å². The number of ether oxygens (including phenoxy) is 1.